The van der Waals surface area contributed by atoms with Crippen LogP contribution in [0, 0.1) is 5.41 Å². The van der Waals surface area contributed by atoms with Gasteiger partial charge in [-0.05, 0) is 26.3 Å². The van der Waals surface area contributed by atoms with Crippen LogP contribution in [-0.2, 0) is 30.6 Å². The first-order valence-corrected chi connectivity index (χ1v) is 8.34. The van der Waals surface area contributed by atoms with Crippen LogP contribution in [0.3, 0.4) is 0 Å². The lowest BCUT2D eigenvalue weighted by Crippen LogP contribution is -2.63. The first-order valence-electron chi connectivity index (χ1n) is 8.34. The molecule has 1 amide bonds. The molecule has 0 aliphatic carbocycles. The number of hydrogen-bond donors (Lipinski definition) is 1. The van der Waals surface area contributed by atoms with Crippen LogP contribution in [0.15, 0.2) is 30.3 Å². The predicted molar refractivity (Wildman–Crippen MR) is 86.7 cm³/mol. The average molecular weight is 349 g/mol. The third-order valence-electron chi connectivity index (χ3n) is 4.68. The van der Waals surface area contributed by atoms with E-state index < -0.39 is 28.7 Å². The van der Waals surface area contributed by atoms with E-state index in [9.17, 15) is 14.7 Å². The summed E-state index contributed by atoms with van der Waals surface area (Å²) in [5.41, 5.74) is -1.49. The smallest absolute Gasteiger partial charge is 0.320 e. The van der Waals surface area contributed by atoms with Crippen LogP contribution in [0.4, 0.5) is 0 Å². The van der Waals surface area contributed by atoms with Crippen LogP contribution < -0.4 is 0 Å². The molecule has 2 aliphatic rings. The van der Waals surface area contributed by atoms with Gasteiger partial charge >= 0.3 is 5.97 Å². The van der Waals surface area contributed by atoms with Crippen molar-refractivity contribution in [1.82, 2.24) is 4.90 Å². The maximum atomic E-state index is 12.9. The summed E-state index contributed by atoms with van der Waals surface area (Å²) >= 11 is 0. The average Bonchev–Trinajstić information content (AvgIpc) is 2.78. The van der Waals surface area contributed by atoms with Crippen molar-refractivity contribution in [3.05, 3.63) is 35.9 Å². The lowest BCUT2D eigenvalue weighted by atomic mass is 9.72. The van der Waals surface area contributed by atoms with E-state index in [-0.39, 0.29) is 26.1 Å². The van der Waals surface area contributed by atoms with Crippen LogP contribution in [-0.4, -0.2) is 46.4 Å². The van der Waals surface area contributed by atoms with Gasteiger partial charge in [-0.1, -0.05) is 30.3 Å². The fourth-order valence-electron chi connectivity index (χ4n) is 3.62. The van der Waals surface area contributed by atoms with Gasteiger partial charge in [0.15, 0.2) is 5.41 Å². The number of carbonyl (C=O) groups is 2. The molecule has 25 heavy (non-hydrogen) atoms. The Balaban J connectivity index is 1.97. The Morgan fingerprint density at radius 1 is 1.28 bits per heavy atom. The zero-order chi connectivity index (χ0) is 18.3. The van der Waals surface area contributed by atoms with Crippen molar-refractivity contribution in [2.75, 3.05) is 13.2 Å². The number of benzene rings is 1. The van der Waals surface area contributed by atoms with E-state index in [1.165, 1.54) is 4.90 Å². The Kier molecular flexibility index (Phi) is 4.35. The molecular weight excluding hydrogens is 326 g/mol. The van der Waals surface area contributed by atoms with Crippen LogP contribution in [0.5, 0.6) is 0 Å². The number of hydrogen-bond acceptors (Lipinski definition) is 6. The molecule has 1 aromatic rings. The molecule has 3 rings (SSSR count). The monoisotopic (exact) mass is 349 g/mol. The fraction of sp³-hybridized carbons (Fsp3) is 0.556. The molecule has 2 fully saturated rings. The lowest BCUT2D eigenvalue weighted by Gasteiger charge is -2.45. The Bertz CT molecular complexity index is 675. The third-order valence-corrected chi connectivity index (χ3v) is 4.68. The van der Waals surface area contributed by atoms with Crippen LogP contribution in [0.2, 0.25) is 0 Å². The van der Waals surface area contributed by atoms with E-state index in [0.29, 0.717) is 0 Å². The molecule has 2 unspecified atom stereocenters. The minimum atomic E-state index is -2.39. The standard InChI is InChI=1S/C18H23NO6/c1-4-23-15(21)17-11-16(2,3)24-25-18(17,22)14(20)19(12-17)10-13-8-6-5-7-9-13/h5-9,22H,4,10-12H2,1-3H3. The van der Waals surface area contributed by atoms with Crippen molar-refractivity contribution in [2.45, 2.75) is 45.1 Å². The molecule has 136 valence electrons. The predicted octanol–water partition coefficient (Wildman–Crippen LogP) is 1.40. The van der Waals surface area contributed by atoms with Gasteiger partial charge in [-0.25, -0.2) is 4.89 Å². The summed E-state index contributed by atoms with van der Waals surface area (Å²) in [7, 11) is 0. The summed E-state index contributed by atoms with van der Waals surface area (Å²) in [4.78, 5) is 37.3. The van der Waals surface area contributed by atoms with Gasteiger partial charge < -0.3 is 14.7 Å². The quantitative estimate of drug-likeness (QED) is 0.653. The summed E-state index contributed by atoms with van der Waals surface area (Å²) in [6.45, 7) is 5.55. The highest BCUT2D eigenvalue weighted by Gasteiger charge is 2.74. The zero-order valence-corrected chi connectivity index (χ0v) is 14.7. The van der Waals surface area contributed by atoms with Gasteiger partial charge in [0.05, 0.1) is 12.2 Å². The first kappa shape index (κ1) is 17.8. The van der Waals surface area contributed by atoms with Crippen LogP contribution in [0.1, 0.15) is 32.8 Å². The lowest BCUT2D eigenvalue weighted by molar-refractivity contribution is -0.485. The second-order valence-electron chi connectivity index (χ2n) is 7.20. The topological polar surface area (TPSA) is 85.3 Å². The second kappa shape index (κ2) is 6.09. The van der Waals surface area contributed by atoms with E-state index >= 15 is 0 Å². The summed E-state index contributed by atoms with van der Waals surface area (Å²) in [5.74, 6) is -3.73. The maximum absolute atomic E-state index is 12.9. The van der Waals surface area contributed by atoms with E-state index in [2.05, 4.69) is 0 Å². The van der Waals surface area contributed by atoms with E-state index in [4.69, 9.17) is 14.5 Å². The third kappa shape index (κ3) is 2.82. The van der Waals surface area contributed by atoms with Crippen LogP contribution in [0.25, 0.3) is 0 Å². The number of nitrogens with zero attached hydrogens (tertiary/aromatic N) is 1. The number of likely N-dealkylation sites (tertiary alicyclic amines) is 1. The number of carbonyl (C=O) groups excluding carboxylic acids is 2. The molecule has 0 aromatic heterocycles. The van der Waals surface area contributed by atoms with Gasteiger partial charge in [0.1, 0.15) is 0 Å². The minimum absolute atomic E-state index is 0.00283. The molecule has 7 nitrogen and oxygen atoms in total. The van der Waals surface area contributed by atoms with Gasteiger partial charge in [0, 0.05) is 19.5 Å². The second-order valence-corrected chi connectivity index (χ2v) is 7.20. The molecule has 1 aromatic carbocycles. The summed E-state index contributed by atoms with van der Waals surface area (Å²) in [5, 5.41) is 11.0. The first-order chi connectivity index (χ1) is 11.7. The molecule has 0 saturated carbocycles. The number of rotatable bonds is 4. The summed E-state index contributed by atoms with van der Waals surface area (Å²) < 4.78 is 5.18. The van der Waals surface area contributed by atoms with Gasteiger partial charge in [-0.2, -0.15) is 4.89 Å². The molecule has 2 atom stereocenters. The Morgan fingerprint density at radius 3 is 2.60 bits per heavy atom. The molecule has 0 radical (unpaired) electrons. The zero-order valence-electron chi connectivity index (χ0n) is 14.7. The number of aliphatic hydroxyl groups is 1. The molecule has 2 aliphatic heterocycles. The minimum Gasteiger partial charge on any atom is -0.465 e. The molecular formula is C18H23NO6. The van der Waals surface area contributed by atoms with Crippen molar-refractivity contribution in [2.24, 2.45) is 5.41 Å². The van der Waals surface area contributed by atoms with Crippen molar-refractivity contribution in [1.29, 1.82) is 0 Å². The highest BCUT2D eigenvalue weighted by molar-refractivity contribution is 5.96. The van der Waals surface area contributed by atoms with E-state index in [1.54, 1.807) is 20.8 Å². The molecule has 7 heteroatoms. The maximum Gasteiger partial charge on any atom is 0.320 e. The van der Waals surface area contributed by atoms with Crippen molar-refractivity contribution in [3.63, 3.8) is 0 Å². The fourth-order valence-corrected chi connectivity index (χ4v) is 3.62. The number of amides is 1. The summed E-state index contributed by atoms with van der Waals surface area (Å²) in [6.07, 6.45) is 0.104. The van der Waals surface area contributed by atoms with E-state index in [0.717, 1.165) is 5.56 Å². The van der Waals surface area contributed by atoms with Gasteiger partial charge in [-0.3, -0.25) is 9.59 Å². The van der Waals surface area contributed by atoms with E-state index in [1.807, 2.05) is 30.3 Å². The van der Waals surface area contributed by atoms with Crippen LogP contribution >= 0.6 is 0 Å². The SMILES string of the molecule is CCOC(=O)C12CN(Cc3ccccc3)C(=O)C1(O)OOC(C)(C)C2. The largest absolute Gasteiger partial charge is 0.465 e. The highest BCUT2D eigenvalue weighted by Crippen LogP contribution is 2.52. The molecule has 0 spiro atoms. The number of esters is 1. The molecule has 0 bridgehead atoms. The molecule has 2 saturated heterocycles. The van der Waals surface area contributed by atoms with Gasteiger partial charge in [0.25, 0.3) is 11.7 Å². The Morgan fingerprint density at radius 2 is 1.96 bits per heavy atom. The molecule has 2 heterocycles. The normalized spacial score (nSPS) is 30.9. The molecule has 1 N–H and O–H groups in total. The number of ether oxygens (including phenoxy) is 1. The van der Waals surface area contributed by atoms with Gasteiger partial charge in [-0.15, -0.1) is 0 Å². The van der Waals surface area contributed by atoms with Crippen molar-refractivity contribution in [3.8, 4) is 0 Å². The van der Waals surface area contributed by atoms with Gasteiger partial charge in [0.2, 0.25) is 0 Å². The summed E-state index contributed by atoms with van der Waals surface area (Å²) in [6, 6.07) is 9.35. The Hall–Kier alpha value is -1.96. The highest BCUT2D eigenvalue weighted by atomic mass is 17.2. The van der Waals surface area contributed by atoms with Crippen molar-refractivity contribution >= 4 is 11.9 Å². The Labute approximate surface area is 146 Å². The number of fused-ring (bicyclic) bond motifs is 1. The van der Waals surface area contributed by atoms with Crippen molar-refractivity contribution < 1.29 is 29.2 Å².